The first-order valence-electron chi connectivity index (χ1n) is 13.7. The number of sulfone groups is 1. The van der Waals surface area contributed by atoms with E-state index in [-0.39, 0.29) is 46.5 Å². The largest absolute Gasteiger partial charge is 0.506 e. The van der Waals surface area contributed by atoms with Crippen LogP contribution in [0.5, 0.6) is 11.5 Å². The van der Waals surface area contributed by atoms with Crippen LogP contribution in [0.15, 0.2) is 71.6 Å². The Balaban J connectivity index is 0.000000216. The molecule has 2 amide bonds. The van der Waals surface area contributed by atoms with E-state index in [0.29, 0.717) is 10.8 Å². The predicted molar refractivity (Wildman–Crippen MR) is 174 cm³/mol. The maximum atomic E-state index is 12.3. The van der Waals surface area contributed by atoms with E-state index in [4.69, 9.17) is 0 Å². The molecule has 2 aliphatic rings. The van der Waals surface area contributed by atoms with Crippen molar-refractivity contribution in [3.8, 4) is 11.5 Å². The van der Waals surface area contributed by atoms with Crippen LogP contribution in [0.4, 0.5) is 11.4 Å². The lowest BCUT2D eigenvalue weighted by Crippen LogP contribution is -2.29. The fourth-order valence-electron chi connectivity index (χ4n) is 4.39. The van der Waals surface area contributed by atoms with Crippen molar-refractivity contribution < 1.29 is 45.1 Å². The first-order chi connectivity index (χ1) is 21.5. The molecule has 0 atom stereocenters. The van der Waals surface area contributed by atoms with Gasteiger partial charge in [0.2, 0.25) is 0 Å². The van der Waals surface area contributed by atoms with E-state index in [1.54, 1.807) is 36.0 Å². The van der Waals surface area contributed by atoms with Crippen molar-refractivity contribution in [2.24, 2.45) is 0 Å². The third kappa shape index (κ3) is 8.42. The summed E-state index contributed by atoms with van der Waals surface area (Å²) in [4.78, 5) is 22.7. The van der Waals surface area contributed by atoms with Crippen molar-refractivity contribution in [3.63, 3.8) is 0 Å². The number of amides is 2. The van der Waals surface area contributed by atoms with Gasteiger partial charge in [-0.25, -0.2) is 26.5 Å². The Hall–Kier alpha value is -4.00. The summed E-state index contributed by atoms with van der Waals surface area (Å²) in [5, 5.41) is 20.6. The number of benzene rings is 3. The van der Waals surface area contributed by atoms with Gasteiger partial charge in [0.1, 0.15) is 24.6 Å². The van der Waals surface area contributed by atoms with Gasteiger partial charge < -0.3 is 10.2 Å². The number of aromatic hydroxyl groups is 2. The molecule has 2 saturated heterocycles. The number of aryl methyl sites for hydroxylation is 1. The number of carbonyl (C=O) groups is 2. The van der Waals surface area contributed by atoms with E-state index in [0.717, 1.165) is 19.9 Å². The molecule has 4 N–H and O–H groups in total. The van der Waals surface area contributed by atoms with Gasteiger partial charge in [-0.1, -0.05) is 44.2 Å². The highest BCUT2D eigenvalue weighted by Crippen LogP contribution is 2.33. The number of phenolic OH excluding ortho intramolecular Hbond substituents is 2. The van der Waals surface area contributed by atoms with Crippen LogP contribution in [-0.2, 0) is 52.0 Å². The van der Waals surface area contributed by atoms with E-state index in [2.05, 4.69) is 13.8 Å². The number of nitrogens with one attached hydrogen (secondary N) is 2. The molecular formula is C28H32N4O10S4. The minimum atomic E-state index is -4.02. The second-order valence-electron chi connectivity index (χ2n) is 10.5. The van der Waals surface area contributed by atoms with Crippen LogP contribution in [0.1, 0.15) is 25.0 Å². The van der Waals surface area contributed by atoms with Gasteiger partial charge >= 0.3 is 20.4 Å². The van der Waals surface area contributed by atoms with Crippen LogP contribution in [0.3, 0.4) is 0 Å². The molecule has 46 heavy (non-hydrogen) atoms. The van der Waals surface area contributed by atoms with Gasteiger partial charge in [-0.05, 0) is 59.2 Å². The van der Waals surface area contributed by atoms with Crippen molar-refractivity contribution >= 4 is 65.2 Å². The van der Waals surface area contributed by atoms with E-state index in [9.17, 15) is 45.1 Å². The molecule has 5 rings (SSSR count). The van der Waals surface area contributed by atoms with Crippen molar-refractivity contribution in [2.45, 2.75) is 36.2 Å². The lowest BCUT2D eigenvalue weighted by molar-refractivity contribution is -0.118. The van der Waals surface area contributed by atoms with Crippen LogP contribution < -0.4 is 18.1 Å². The summed E-state index contributed by atoms with van der Waals surface area (Å²) in [6, 6.07) is 17.0. The normalized spacial score (nSPS) is 16.9. The van der Waals surface area contributed by atoms with E-state index in [1.165, 1.54) is 42.5 Å². The second kappa shape index (κ2) is 13.8. The number of carbonyl (C=O) groups excluding carboxylic acids is 2. The zero-order valence-corrected chi connectivity index (χ0v) is 27.9. The Labute approximate surface area is 271 Å². The summed E-state index contributed by atoms with van der Waals surface area (Å²) in [6.45, 7) is 3.42. The maximum Gasteiger partial charge on any atom is 0.326 e. The quantitative estimate of drug-likeness (QED) is 0.252. The standard InChI is InChI=1S/C16H16N2O6S2.C12H16N2O4S2/c19-15-10-12(8-9-25(21,22)13-4-2-1-3-5-13)6-7-14(15)18-11-16(20)17-26(18,23)24;1-8(2)19-7-9-3-4-10(11(15)5-9)14-6-12(16)13-20(14,17)18/h1-7,10,19H,8-9,11H2,(H,17,20);3-5,8,15H,6-7H2,1-2H3,(H,13,16). The van der Waals surface area contributed by atoms with Gasteiger partial charge in [0.25, 0.3) is 11.8 Å². The van der Waals surface area contributed by atoms with Crippen molar-refractivity contribution in [2.75, 3.05) is 27.5 Å². The zero-order chi connectivity index (χ0) is 33.9. The average molecular weight is 713 g/mol. The van der Waals surface area contributed by atoms with Crippen LogP contribution in [0, 0.1) is 0 Å². The van der Waals surface area contributed by atoms with Gasteiger partial charge in [0.15, 0.2) is 9.84 Å². The highest BCUT2D eigenvalue weighted by Gasteiger charge is 2.36. The van der Waals surface area contributed by atoms with Gasteiger partial charge in [0.05, 0.1) is 22.0 Å². The molecule has 0 aromatic heterocycles. The van der Waals surface area contributed by atoms with E-state index < -0.39 is 48.6 Å². The Kier molecular flexibility index (Phi) is 10.4. The Morgan fingerprint density at radius 2 is 1.26 bits per heavy atom. The minimum absolute atomic E-state index is 0.0435. The number of thioether (sulfide) groups is 1. The molecule has 0 bridgehead atoms. The lowest BCUT2D eigenvalue weighted by Gasteiger charge is -2.16. The average Bonchev–Trinajstić information content (AvgIpc) is 3.41. The molecule has 14 nitrogen and oxygen atoms in total. The molecule has 2 heterocycles. The van der Waals surface area contributed by atoms with Crippen molar-refractivity contribution in [1.29, 1.82) is 0 Å². The van der Waals surface area contributed by atoms with Gasteiger partial charge in [0, 0.05) is 5.75 Å². The SMILES string of the molecule is CC(C)SCc1ccc(N2CC(=O)NS2(=O)=O)c(O)c1.O=C1CN(c2ccc(CCS(=O)(=O)c3ccccc3)cc2O)S(=O)(=O)N1. The highest BCUT2D eigenvalue weighted by molar-refractivity contribution is 7.99. The lowest BCUT2D eigenvalue weighted by atomic mass is 10.1. The molecule has 3 aromatic carbocycles. The van der Waals surface area contributed by atoms with E-state index in [1.807, 2.05) is 9.44 Å². The molecular weight excluding hydrogens is 681 g/mol. The molecule has 2 fully saturated rings. The molecule has 0 spiro atoms. The smallest absolute Gasteiger partial charge is 0.326 e. The maximum absolute atomic E-state index is 12.3. The Bertz CT molecular complexity index is 1950. The molecule has 0 saturated carbocycles. The van der Waals surface area contributed by atoms with Gasteiger partial charge in [-0.3, -0.25) is 9.59 Å². The first-order valence-corrected chi connectivity index (χ1v) is 19.3. The number of phenols is 2. The van der Waals surface area contributed by atoms with Crippen LogP contribution in [0.2, 0.25) is 0 Å². The van der Waals surface area contributed by atoms with Crippen molar-refractivity contribution in [1.82, 2.24) is 9.44 Å². The fourth-order valence-corrected chi connectivity index (χ4v) is 8.73. The second-order valence-corrected chi connectivity index (χ2v) is 17.3. The minimum Gasteiger partial charge on any atom is -0.506 e. The summed E-state index contributed by atoms with van der Waals surface area (Å²) in [5.74, 6) is -1.22. The summed E-state index contributed by atoms with van der Waals surface area (Å²) < 4.78 is 77.0. The molecule has 248 valence electrons. The van der Waals surface area contributed by atoms with E-state index >= 15 is 0 Å². The predicted octanol–water partition coefficient (Wildman–Crippen LogP) is 1.80. The first kappa shape index (κ1) is 34.9. The van der Waals surface area contributed by atoms with Crippen LogP contribution in [0.25, 0.3) is 0 Å². The van der Waals surface area contributed by atoms with Gasteiger partial charge in [-0.2, -0.15) is 28.6 Å². The summed E-state index contributed by atoms with van der Waals surface area (Å²) in [6.07, 6.45) is 0.148. The van der Waals surface area contributed by atoms with Crippen molar-refractivity contribution in [3.05, 3.63) is 77.9 Å². The number of anilines is 2. The Morgan fingerprint density at radius 1 is 0.783 bits per heavy atom. The number of hydrogen-bond donors (Lipinski definition) is 4. The van der Waals surface area contributed by atoms with Gasteiger partial charge in [-0.15, -0.1) is 0 Å². The summed E-state index contributed by atoms with van der Waals surface area (Å²) in [5.41, 5.74) is 1.50. The monoisotopic (exact) mass is 712 g/mol. The fraction of sp³-hybridized carbons (Fsp3) is 0.286. The third-order valence-electron chi connectivity index (χ3n) is 6.60. The summed E-state index contributed by atoms with van der Waals surface area (Å²) >= 11 is 1.72. The molecule has 2 aliphatic heterocycles. The topological polar surface area (TPSA) is 208 Å². The molecule has 3 aromatic rings. The number of hydrogen-bond acceptors (Lipinski definition) is 11. The van der Waals surface area contributed by atoms with Crippen LogP contribution >= 0.6 is 11.8 Å². The molecule has 0 unspecified atom stereocenters. The Morgan fingerprint density at radius 3 is 1.70 bits per heavy atom. The zero-order valence-electron chi connectivity index (χ0n) is 24.7. The molecule has 0 aliphatic carbocycles. The number of rotatable bonds is 9. The number of nitrogens with zero attached hydrogens (tertiary/aromatic N) is 2. The van der Waals surface area contributed by atoms with Crippen LogP contribution in [-0.4, -0.2) is 71.4 Å². The third-order valence-corrected chi connectivity index (χ3v) is 12.3. The highest BCUT2D eigenvalue weighted by atomic mass is 32.2. The summed E-state index contributed by atoms with van der Waals surface area (Å²) in [7, 11) is -11.4. The molecule has 0 radical (unpaired) electrons. The molecule has 18 heteroatoms.